The lowest BCUT2D eigenvalue weighted by molar-refractivity contribution is -0.121. The number of hydrogen-bond acceptors (Lipinski definition) is 5. The molecule has 0 saturated carbocycles. The van der Waals surface area contributed by atoms with E-state index in [0.29, 0.717) is 18.5 Å². The number of nitrogens with zero attached hydrogens (tertiary/aromatic N) is 1. The average molecular weight is 484 g/mol. The summed E-state index contributed by atoms with van der Waals surface area (Å²) in [6, 6.07) is 20.0. The van der Waals surface area contributed by atoms with Crippen molar-refractivity contribution >= 4 is 50.1 Å². The number of nitrogens with one attached hydrogen (secondary N) is 1. The van der Waals surface area contributed by atoms with Crippen molar-refractivity contribution in [2.24, 2.45) is 11.7 Å². The number of sulfonamides is 1. The maximum absolute atomic E-state index is 13.2. The Labute approximate surface area is 197 Å². The second kappa shape index (κ2) is 9.94. The van der Waals surface area contributed by atoms with Gasteiger partial charge in [0, 0.05) is 23.9 Å². The number of carbonyl (C=O) groups excluding carboxylic acids is 2. The van der Waals surface area contributed by atoms with Crippen LogP contribution in [0, 0.1) is 5.92 Å². The van der Waals surface area contributed by atoms with Gasteiger partial charge in [0.1, 0.15) is 0 Å². The topological polar surface area (TPSA) is 110 Å². The third-order valence-corrected chi connectivity index (χ3v) is 8.69. The lowest BCUT2D eigenvalue weighted by atomic mass is 9.97. The van der Waals surface area contributed by atoms with E-state index in [1.807, 2.05) is 48.5 Å². The van der Waals surface area contributed by atoms with Crippen LogP contribution in [-0.4, -0.2) is 43.4 Å². The van der Waals surface area contributed by atoms with Gasteiger partial charge in [-0.15, -0.1) is 11.8 Å². The van der Waals surface area contributed by atoms with E-state index in [1.54, 1.807) is 18.2 Å². The summed E-state index contributed by atoms with van der Waals surface area (Å²) >= 11 is 1.27. The summed E-state index contributed by atoms with van der Waals surface area (Å²) in [7, 11) is -3.63. The maximum atomic E-state index is 13.2. The van der Waals surface area contributed by atoms with Crippen molar-refractivity contribution in [1.82, 2.24) is 4.31 Å². The number of piperidine rings is 1. The van der Waals surface area contributed by atoms with Crippen LogP contribution in [0.4, 0.5) is 5.69 Å². The van der Waals surface area contributed by atoms with E-state index in [2.05, 4.69) is 5.32 Å². The summed E-state index contributed by atoms with van der Waals surface area (Å²) in [5.74, 6) is -0.744. The van der Waals surface area contributed by atoms with Crippen molar-refractivity contribution < 1.29 is 18.0 Å². The molecule has 0 aromatic heterocycles. The molecule has 0 atom stereocenters. The van der Waals surface area contributed by atoms with Crippen molar-refractivity contribution in [1.29, 1.82) is 0 Å². The number of thioether (sulfide) groups is 1. The minimum absolute atomic E-state index is 0.123. The predicted molar refractivity (Wildman–Crippen MR) is 130 cm³/mol. The van der Waals surface area contributed by atoms with Crippen LogP contribution >= 0.6 is 11.8 Å². The van der Waals surface area contributed by atoms with Crippen LogP contribution in [0.2, 0.25) is 0 Å². The molecule has 1 heterocycles. The minimum atomic E-state index is -3.63. The zero-order chi connectivity index (χ0) is 23.4. The van der Waals surface area contributed by atoms with E-state index in [-0.39, 0.29) is 35.6 Å². The molecule has 1 fully saturated rings. The van der Waals surface area contributed by atoms with E-state index < -0.39 is 15.9 Å². The molecule has 1 saturated heterocycles. The van der Waals surface area contributed by atoms with Crippen molar-refractivity contribution in [3.05, 3.63) is 66.7 Å². The van der Waals surface area contributed by atoms with Gasteiger partial charge >= 0.3 is 0 Å². The molecule has 2 amide bonds. The molecule has 0 radical (unpaired) electrons. The second-order valence-electron chi connectivity index (χ2n) is 7.93. The molecule has 0 spiro atoms. The Morgan fingerprint density at radius 1 is 0.970 bits per heavy atom. The predicted octanol–water partition coefficient (Wildman–Crippen LogP) is 3.46. The molecule has 1 aliphatic heterocycles. The molecule has 1 aliphatic rings. The highest BCUT2D eigenvalue weighted by Crippen LogP contribution is 2.30. The molecular weight excluding hydrogens is 458 g/mol. The lowest BCUT2D eigenvalue weighted by Crippen LogP contribution is -2.41. The molecule has 4 rings (SSSR count). The fourth-order valence-corrected chi connectivity index (χ4v) is 6.17. The zero-order valence-corrected chi connectivity index (χ0v) is 19.6. The van der Waals surface area contributed by atoms with Crippen LogP contribution in [0.1, 0.15) is 12.8 Å². The molecule has 33 heavy (non-hydrogen) atoms. The number of hydrogen-bond donors (Lipinski definition) is 2. The molecule has 3 aromatic rings. The van der Waals surface area contributed by atoms with Gasteiger partial charge in [-0.1, -0.05) is 42.5 Å². The van der Waals surface area contributed by atoms with Crippen LogP contribution in [0.3, 0.4) is 0 Å². The summed E-state index contributed by atoms with van der Waals surface area (Å²) in [5.41, 5.74) is 5.85. The second-order valence-corrected chi connectivity index (χ2v) is 10.9. The number of fused-ring (bicyclic) bond motifs is 1. The van der Waals surface area contributed by atoms with Gasteiger partial charge in [0.2, 0.25) is 21.8 Å². The maximum Gasteiger partial charge on any atom is 0.243 e. The highest BCUT2D eigenvalue weighted by Gasteiger charge is 2.32. The Balaban J connectivity index is 1.40. The van der Waals surface area contributed by atoms with Gasteiger partial charge in [0.15, 0.2) is 0 Å². The summed E-state index contributed by atoms with van der Waals surface area (Å²) in [5, 5.41) is 4.79. The van der Waals surface area contributed by atoms with E-state index in [9.17, 15) is 18.0 Å². The van der Waals surface area contributed by atoms with Gasteiger partial charge in [-0.25, -0.2) is 8.42 Å². The number of para-hydroxylation sites is 1. The Hall–Kier alpha value is -2.88. The largest absolute Gasteiger partial charge is 0.369 e. The number of primary amides is 1. The molecule has 3 N–H and O–H groups in total. The van der Waals surface area contributed by atoms with E-state index >= 15 is 0 Å². The van der Waals surface area contributed by atoms with Crippen LogP contribution in [-0.2, 0) is 19.6 Å². The van der Waals surface area contributed by atoms with Gasteiger partial charge < -0.3 is 11.1 Å². The van der Waals surface area contributed by atoms with E-state index in [4.69, 9.17) is 5.73 Å². The van der Waals surface area contributed by atoms with Crippen LogP contribution < -0.4 is 11.1 Å². The number of benzene rings is 3. The van der Waals surface area contributed by atoms with Crippen molar-refractivity contribution in [2.75, 3.05) is 24.2 Å². The molecule has 0 unspecified atom stereocenters. The molecule has 9 heteroatoms. The Bertz CT molecular complexity index is 1290. The molecular formula is C24H25N3O4S2. The first-order chi connectivity index (χ1) is 15.8. The fraction of sp³-hybridized carbons (Fsp3) is 0.250. The Morgan fingerprint density at radius 3 is 2.36 bits per heavy atom. The molecule has 0 aliphatic carbocycles. The summed E-state index contributed by atoms with van der Waals surface area (Å²) < 4.78 is 27.8. The highest BCUT2D eigenvalue weighted by atomic mass is 32.2. The standard InChI is InChI=1S/C24H25N3O4S2/c25-23(28)16-32-22-8-4-3-7-21(22)26-24(29)18-11-13-27(14-12-18)33(30,31)20-10-9-17-5-1-2-6-19(17)15-20/h1-10,15,18H,11-14,16H2,(H2,25,28)(H,26,29). The van der Waals surface area contributed by atoms with Gasteiger partial charge in [0.25, 0.3) is 0 Å². The first-order valence-electron chi connectivity index (χ1n) is 10.6. The van der Waals surface area contributed by atoms with Crippen molar-refractivity contribution in [2.45, 2.75) is 22.6 Å². The monoisotopic (exact) mass is 483 g/mol. The van der Waals surface area contributed by atoms with Crippen LogP contribution in [0.15, 0.2) is 76.5 Å². The van der Waals surface area contributed by atoms with E-state index in [1.165, 1.54) is 16.1 Å². The lowest BCUT2D eigenvalue weighted by Gasteiger charge is -2.30. The summed E-state index contributed by atoms with van der Waals surface area (Å²) in [6.07, 6.45) is 0.879. The summed E-state index contributed by atoms with van der Waals surface area (Å²) in [6.45, 7) is 0.566. The fourth-order valence-electron chi connectivity index (χ4n) is 3.91. The van der Waals surface area contributed by atoms with Gasteiger partial charge in [-0.3, -0.25) is 9.59 Å². The van der Waals surface area contributed by atoms with E-state index in [0.717, 1.165) is 15.7 Å². The first-order valence-corrected chi connectivity index (χ1v) is 13.1. The SMILES string of the molecule is NC(=O)CSc1ccccc1NC(=O)C1CCN(S(=O)(=O)c2ccc3ccccc3c2)CC1. The third-order valence-electron chi connectivity index (χ3n) is 5.70. The highest BCUT2D eigenvalue weighted by molar-refractivity contribution is 8.00. The number of amides is 2. The number of carbonyl (C=O) groups is 2. The van der Waals surface area contributed by atoms with Crippen LogP contribution in [0.5, 0.6) is 0 Å². The first kappa shape index (κ1) is 23.3. The molecule has 7 nitrogen and oxygen atoms in total. The van der Waals surface area contributed by atoms with Gasteiger partial charge in [-0.05, 0) is 47.9 Å². The molecule has 0 bridgehead atoms. The van der Waals surface area contributed by atoms with Gasteiger partial charge in [-0.2, -0.15) is 4.31 Å². The number of rotatable bonds is 7. The normalized spacial score (nSPS) is 15.4. The van der Waals surface area contributed by atoms with Crippen LogP contribution in [0.25, 0.3) is 10.8 Å². The minimum Gasteiger partial charge on any atom is -0.369 e. The summed E-state index contributed by atoms with van der Waals surface area (Å²) in [4.78, 5) is 25.0. The smallest absolute Gasteiger partial charge is 0.243 e. The van der Waals surface area contributed by atoms with Gasteiger partial charge in [0.05, 0.1) is 16.3 Å². The van der Waals surface area contributed by atoms with Crippen molar-refractivity contribution in [3.63, 3.8) is 0 Å². The van der Waals surface area contributed by atoms with Crippen molar-refractivity contribution in [3.8, 4) is 0 Å². The third kappa shape index (κ3) is 5.38. The Kier molecular flexibility index (Phi) is 7.02. The number of nitrogens with two attached hydrogens (primary N) is 1. The zero-order valence-electron chi connectivity index (χ0n) is 17.9. The number of anilines is 1. The molecule has 172 valence electrons. The Morgan fingerprint density at radius 2 is 1.64 bits per heavy atom. The quantitative estimate of drug-likeness (QED) is 0.500. The molecule has 3 aromatic carbocycles. The average Bonchev–Trinajstić information content (AvgIpc) is 2.83.